The lowest BCUT2D eigenvalue weighted by atomic mass is 10.3. The molecule has 0 bridgehead atoms. The molecule has 16 heavy (non-hydrogen) atoms. The number of tetrazole rings is 1. The molecule has 0 saturated carbocycles. The van der Waals surface area contributed by atoms with E-state index in [1.807, 2.05) is 16.4 Å². The molecule has 2 atom stereocenters. The summed E-state index contributed by atoms with van der Waals surface area (Å²) < 4.78 is 1.93. The van der Waals surface area contributed by atoms with Gasteiger partial charge in [0.05, 0.1) is 12.1 Å². The molecule has 0 aliphatic rings. The normalized spacial score (nSPS) is 15.0. The zero-order chi connectivity index (χ0) is 12.0. The molecule has 0 spiro atoms. The van der Waals surface area contributed by atoms with Crippen LogP contribution in [0.3, 0.4) is 0 Å². The van der Waals surface area contributed by atoms with Gasteiger partial charge in [0.15, 0.2) is 5.82 Å². The molecule has 5 nitrogen and oxygen atoms in total. The maximum atomic E-state index is 4.09. The van der Waals surface area contributed by atoms with E-state index in [2.05, 4.69) is 48.5 Å². The smallest absolute Gasteiger partial charge is 0.168 e. The summed E-state index contributed by atoms with van der Waals surface area (Å²) in [4.78, 5) is 0. The number of thioether (sulfide) groups is 1. The fraction of sp³-hybridized carbons (Fsp3) is 0.900. The highest BCUT2D eigenvalue weighted by molar-refractivity contribution is 7.99. The van der Waals surface area contributed by atoms with Crippen LogP contribution in [0, 0.1) is 0 Å². The van der Waals surface area contributed by atoms with Gasteiger partial charge in [-0.2, -0.15) is 11.8 Å². The van der Waals surface area contributed by atoms with E-state index in [1.165, 1.54) is 0 Å². The Morgan fingerprint density at radius 1 is 1.38 bits per heavy atom. The third kappa shape index (κ3) is 3.45. The van der Waals surface area contributed by atoms with Gasteiger partial charge in [0, 0.05) is 5.75 Å². The molecule has 1 aromatic rings. The third-order valence-electron chi connectivity index (χ3n) is 2.40. The molecule has 0 amide bonds. The number of hydrogen-bond donors (Lipinski definition) is 1. The molecule has 92 valence electrons. The first kappa shape index (κ1) is 13.4. The third-order valence-corrected chi connectivity index (χ3v) is 3.52. The average Bonchev–Trinajstić information content (AvgIpc) is 2.75. The highest BCUT2D eigenvalue weighted by Gasteiger charge is 2.17. The fourth-order valence-corrected chi connectivity index (χ4v) is 2.27. The van der Waals surface area contributed by atoms with E-state index in [4.69, 9.17) is 0 Å². The van der Waals surface area contributed by atoms with Crippen LogP contribution < -0.4 is 5.32 Å². The molecule has 1 heterocycles. The number of aromatic nitrogens is 4. The van der Waals surface area contributed by atoms with Crippen molar-refractivity contribution in [2.45, 2.75) is 39.8 Å². The van der Waals surface area contributed by atoms with Crippen molar-refractivity contribution in [1.29, 1.82) is 0 Å². The second-order valence-corrected chi connectivity index (χ2v) is 5.09. The molecular formula is C10H21N5S. The Balaban J connectivity index is 2.68. The molecule has 0 aliphatic heterocycles. The number of nitrogens with zero attached hydrogens (tertiary/aromatic N) is 4. The summed E-state index contributed by atoms with van der Waals surface area (Å²) in [6.45, 7) is 9.42. The van der Waals surface area contributed by atoms with Crippen LogP contribution in [0.1, 0.15) is 45.6 Å². The van der Waals surface area contributed by atoms with Gasteiger partial charge in [-0.1, -0.05) is 13.8 Å². The summed E-state index contributed by atoms with van der Waals surface area (Å²) in [6.07, 6.45) is 0. The minimum Gasteiger partial charge on any atom is -0.308 e. The van der Waals surface area contributed by atoms with Crippen molar-refractivity contribution < 1.29 is 0 Å². The van der Waals surface area contributed by atoms with E-state index >= 15 is 0 Å². The van der Waals surface area contributed by atoms with Crippen LogP contribution in [-0.2, 0) is 0 Å². The molecule has 1 N–H and O–H groups in total. The van der Waals surface area contributed by atoms with Gasteiger partial charge in [0.1, 0.15) is 0 Å². The topological polar surface area (TPSA) is 55.6 Å². The largest absolute Gasteiger partial charge is 0.308 e. The number of rotatable bonds is 7. The maximum Gasteiger partial charge on any atom is 0.168 e. The van der Waals surface area contributed by atoms with E-state index in [0.717, 1.165) is 23.9 Å². The van der Waals surface area contributed by atoms with Gasteiger partial charge in [-0.05, 0) is 36.6 Å². The molecule has 0 fully saturated rings. The van der Waals surface area contributed by atoms with Crippen LogP contribution in [0.15, 0.2) is 0 Å². The monoisotopic (exact) mass is 243 g/mol. The van der Waals surface area contributed by atoms with Crippen LogP contribution in [0.5, 0.6) is 0 Å². The summed E-state index contributed by atoms with van der Waals surface area (Å²) in [5.41, 5.74) is 0. The molecule has 2 unspecified atom stereocenters. The quantitative estimate of drug-likeness (QED) is 0.789. The zero-order valence-corrected chi connectivity index (χ0v) is 11.3. The second kappa shape index (κ2) is 6.85. The Bertz CT molecular complexity index is 301. The standard InChI is InChI=1S/C10H21N5S/c1-5-11-9(4)10-12-13-14-15(10)8(3)7-16-6-2/h8-9,11H,5-7H2,1-4H3. The number of nitrogens with one attached hydrogen (secondary N) is 1. The molecule has 1 rings (SSSR count). The lowest BCUT2D eigenvalue weighted by Gasteiger charge is -2.16. The van der Waals surface area contributed by atoms with Crippen molar-refractivity contribution in [3.8, 4) is 0 Å². The summed E-state index contributed by atoms with van der Waals surface area (Å²) >= 11 is 1.91. The molecular weight excluding hydrogens is 222 g/mol. The van der Waals surface area contributed by atoms with Crippen molar-refractivity contribution in [1.82, 2.24) is 25.5 Å². The molecule has 0 radical (unpaired) electrons. The van der Waals surface area contributed by atoms with Gasteiger partial charge in [0.2, 0.25) is 0 Å². The van der Waals surface area contributed by atoms with E-state index in [9.17, 15) is 0 Å². The first-order chi connectivity index (χ1) is 7.70. The molecule has 1 aromatic heterocycles. The van der Waals surface area contributed by atoms with E-state index < -0.39 is 0 Å². The van der Waals surface area contributed by atoms with Crippen molar-refractivity contribution in [3.05, 3.63) is 5.82 Å². The predicted octanol–water partition coefficient (Wildman–Crippen LogP) is 1.66. The van der Waals surface area contributed by atoms with Gasteiger partial charge >= 0.3 is 0 Å². The lowest BCUT2D eigenvalue weighted by molar-refractivity contribution is 0.458. The first-order valence-electron chi connectivity index (χ1n) is 5.79. The molecule has 0 saturated heterocycles. The van der Waals surface area contributed by atoms with Gasteiger partial charge < -0.3 is 5.32 Å². The highest BCUT2D eigenvalue weighted by Crippen LogP contribution is 2.16. The Kier molecular flexibility index (Phi) is 5.76. The Morgan fingerprint density at radius 2 is 2.12 bits per heavy atom. The number of hydrogen-bond acceptors (Lipinski definition) is 5. The molecule has 6 heteroatoms. The van der Waals surface area contributed by atoms with E-state index in [0.29, 0.717) is 6.04 Å². The van der Waals surface area contributed by atoms with Crippen molar-refractivity contribution in [2.75, 3.05) is 18.1 Å². The second-order valence-electron chi connectivity index (χ2n) is 3.77. The average molecular weight is 243 g/mol. The van der Waals surface area contributed by atoms with E-state index in [-0.39, 0.29) is 6.04 Å². The maximum absolute atomic E-state index is 4.09. The van der Waals surface area contributed by atoms with Crippen LogP contribution in [0.25, 0.3) is 0 Å². The minimum atomic E-state index is 0.203. The molecule has 0 aliphatic carbocycles. The van der Waals surface area contributed by atoms with Crippen LogP contribution in [0.4, 0.5) is 0 Å². The van der Waals surface area contributed by atoms with Crippen molar-refractivity contribution in [2.24, 2.45) is 0 Å². The van der Waals surface area contributed by atoms with Crippen LogP contribution in [-0.4, -0.2) is 38.3 Å². The van der Waals surface area contributed by atoms with Gasteiger partial charge in [-0.15, -0.1) is 5.10 Å². The minimum absolute atomic E-state index is 0.203. The predicted molar refractivity (Wildman–Crippen MR) is 67.6 cm³/mol. The Labute approximate surface area is 101 Å². The van der Waals surface area contributed by atoms with Gasteiger partial charge in [0.25, 0.3) is 0 Å². The summed E-state index contributed by atoms with van der Waals surface area (Å²) in [6, 6.07) is 0.546. The Hall–Kier alpha value is -0.620. The highest BCUT2D eigenvalue weighted by atomic mass is 32.2. The molecule has 0 aromatic carbocycles. The van der Waals surface area contributed by atoms with Gasteiger partial charge in [-0.3, -0.25) is 0 Å². The summed E-state index contributed by atoms with van der Waals surface area (Å²) in [5.74, 6) is 3.10. The zero-order valence-electron chi connectivity index (χ0n) is 10.5. The van der Waals surface area contributed by atoms with Crippen LogP contribution in [0.2, 0.25) is 0 Å². The van der Waals surface area contributed by atoms with Crippen molar-refractivity contribution >= 4 is 11.8 Å². The summed E-state index contributed by atoms with van der Waals surface area (Å²) in [5, 5.41) is 15.3. The lowest BCUT2D eigenvalue weighted by Crippen LogP contribution is -2.24. The SMILES string of the molecule is CCNC(C)c1nnnn1C(C)CSCC. The Morgan fingerprint density at radius 3 is 2.75 bits per heavy atom. The van der Waals surface area contributed by atoms with E-state index in [1.54, 1.807) is 0 Å². The van der Waals surface area contributed by atoms with Crippen LogP contribution >= 0.6 is 11.8 Å². The van der Waals surface area contributed by atoms with Gasteiger partial charge in [-0.25, -0.2) is 4.68 Å². The first-order valence-corrected chi connectivity index (χ1v) is 6.95. The summed E-state index contributed by atoms with van der Waals surface area (Å²) in [7, 11) is 0. The fourth-order valence-electron chi connectivity index (χ4n) is 1.56. The van der Waals surface area contributed by atoms with Crippen molar-refractivity contribution in [3.63, 3.8) is 0 Å².